The number of hydrogen-bond donors (Lipinski definition) is 1. The average Bonchev–Trinajstić information content (AvgIpc) is 2.93. The van der Waals surface area contributed by atoms with Crippen molar-refractivity contribution in [3.63, 3.8) is 0 Å². The van der Waals surface area contributed by atoms with Gasteiger partial charge >= 0.3 is 12.0 Å². The number of carbonyl (C=O) groups is 4. The third-order valence-electron chi connectivity index (χ3n) is 5.81. The molecule has 3 rings (SSSR count). The second-order valence-corrected chi connectivity index (χ2v) is 7.95. The molecule has 0 bridgehead atoms. The van der Waals surface area contributed by atoms with Gasteiger partial charge in [0.05, 0.1) is 0 Å². The molecule has 156 valence electrons. The zero-order valence-corrected chi connectivity index (χ0v) is 17.0. The van der Waals surface area contributed by atoms with Gasteiger partial charge in [-0.1, -0.05) is 50.1 Å². The summed E-state index contributed by atoms with van der Waals surface area (Å²) in [5, 5.41) is 2.80. The lowest BCUT2D eigenvalue weighted by Crippen LogP contribution is -2.54. The maximum absolute atomic E-state index is 13.0. The molecule has 0 unspecified atom stereocenters. The SMILES string of the molecule is C[C@@H]1CCCC[C@]12NC(=O)N(CC(=O)O[C@H](C(=O)N(C)C)c1ccccc1)C2=O. The molecule has 2 fully saturated rings. The molecular weight excluding hydrogens is 374 g/mol. The van der Waals surface area contributed by atoms with Gasteiger partial charge in [0.1, 0.15) is 12.1 Å². The first-order chi connectivity index (χ1) is 13.8. The fourth-order valence-electron chi connectivity index (χ4n) is 4.06. The number of imide groups is 1. The van der Waals surface area contributed by atoms with Crippen LogP contribution < -0.4 is 5.32 Å². The number of rotatable bonds is 5. The van der Waals surface area contributed by atoms with Crippen LogP contribution in [-0.2, 0) is 19.1 Å². The van der Waals surface area contributed by atoms with Gasteiger partial charge in [0, 0.05) is 19.7 Å². The largest absolute Gasteiger partial charge is 0.446 e. The van der Waals surface area contributed by atoms with Crippen LogP contribution in [0.4, 0.5) is 4.79 Å². The normalized spacial score (nSPS) is 24.9. The van der Waals surface area contributed by atoms with E-state index in [0.29, 0.717) is 12.0 Å². The van der Waals surface area contributed by atoms with Gasteiger partial charge in [0.15, 0.2) is 0 Å². The second-order valence-electron chi connectivity index (χ2n) is 7.95. The summed E-state index contributed by atoms with van der Waals surface area (Å²) >= 11 is 0. The summed E-state index contributed by atoms with van der Waals surface area (Å²) < 4.78 is 5.42. The number of benzene rings is 1. The molecule has 1 saturated heterocycles. The molecule has 1 aromatic rings. The van der Waals surface area contributed by atoms with Crippen LogP contribution in [0.3, 0.4) is 0 Å². The van der Waals surface area contributed by atoms with Gasteiger partial charge in [-0.25, -0.2) is 4.79 Å². The lowest BCUT2D eigenvalue weighted by Gasteiger charge is -2.36. The first-order valence-electron chi connectivity index (χ1n) is 9.86. The highest BCUT2D eigenvalue weighted by Crippen LogP contribution is 2.38. The Bertz CT molecular complexity index is 810. The monoisotopic (exact) mass is 401 g/mol. The molecule has 0 radical (unpaired) electrons. The summed E-state index contributed by atoms with van der Waals surface area (Å²) in [4.78, 5) is 52.8. The molecule has 1 aromatic carbocycles. The number of esters is 1. The smallest absolute Gasteiger partial charge is 0.327 e. The van der Waals surface area contributed by atoms with Crippen LogP contribution >= 0.6 is 0 Å². The number of ether oxygens (including phenoxy) is 1. The van der Waals surface area contributed by atoms with Crippen molar-refractivity contribution in [2.45, 2.75) is 44.2 Å². The van der Waals surface area contributed by atoms with Gasteiger partial charge in [-0.05, 0) is 18.8 Å². The predicted octanol–water partition coefficient (Wildman–Crippen LogP) is 1.86. The van der Waals surface area contributed by atoms with Crippen LogP contribution in [0.15, 0.2) is 30.3 Å². The predicted molar refractivity (Wildman–Crippen MR) is 105 cm³/mol. The minimum Gasteiger partial charge on any atom is -0.446 e. The summed E-state index contributed by atoms with van der Waals surface area (Å²) in [5.74, 6) is -1.60. The maximum atomic E-state index is 13.0. The molecule has 1 saturated carbocycles. The van der Waals surface area contributed by atoms with E-state index in [0.717, 1.165) is 24.2 Å². The Morgan fingerprint density at radius 1 is 1.24 bits per heavy atom. The summed E-state index contributed by atoms with van der Waals surface area (Å²) in [6.07, 6.45) is 2.14. The van der Waals surface area contributed by atoms with E-state index in [1.54, 1.807) is 44.4 Å². The Morgan fingerprint density at radius 3 is 2.55 bits per heavy atom. The van der Waals surface area contributed by atoms with Crippen LogP contribution in [0.2, 0.25) is 0 Å². The lowest BCUT2D eigenvalue weighted by atomic mass is 9.73. The lowest BCUT2D eigenvalue weighted by molar-refractivity contribution is -0.161. The Morgan fingerprint density at radius 2 is 1.93 bits per heavy atom. The molecule has 1 heterocycles. The third-order valence-corrected chi connectivity index (χ3v) is 5.81. The zero-order chi connectivity index (χ0) is 21.2. The highest BCUT2D eigenvalue weighted by atomic mass is 16.5. The Kier molecular flexibility index (Phi) is 5.91. The van der Waals surface area contributed by atoms with E-state index in [-0.39, 0.29) is 11.8 Å². The van der Waals surface area contributed by atoms with Gasteiger partial charge in [0.2, 0.25) is 6.10 Å². The Hall–Kier alpha value is -2.90. The molecule has 4 amide bonds. The standard InChI is InChI=1S/C21H27N3O5/c1-14-9-7-8-12-21(14)19(27)24(20(28)22-21)13-16(25)29-17(18(26)23(2)3)15-10-5-4-6-11-15/h4-6,10-11,14,17H,7-9,12-13H2,1-3H3,(H,22,28)/t14-,17+,21+/m1/s1. The van der Waals surface area contributed by atoms with Crippen molar-refractivity contribution < 1.29 is 23.9 Å². The van der Waals surface area contributed by atoms with Crippen LogP contribution in [-0.4, -0.2) is 59.8 Å². The number of likely N-dealkylation sites (N-methyl/N-ethyl adjacent to an activating group) is 1. The van der Waals surface area contributed by atoms with Crippen molar-refractivity contribution in [1.29, 1.82) is 0 Å². The van der Waals surface area contributed by atoms with Crippen molar-refractivity contribution in [2.75, 3.05) is 20.6 Å². The number of nitrogens with one attached hydrogen (secondary N) is 1. The number of nitrogens with zero attached hydrogens (tertiary/aromatic N) is 2. The topological polar surface area (TPSA) is 96.0 Å². The van der Waals surface area contributed by atoms with E-state index < -0.39 is 36.1 Å². The molecule has 29 heavy (non-hydrogen) atoms. The van der Waals surface area contributed by atoms with Crippen molar-refractivity contribution in [1.82, 2.24) is 15.1 Å². The minimum absolute atomic E-state index is 0.00102. The Balaban J connectivity index is 1.74. The first-order valence-corrected chi connectivity index (χ1v) is 9.86. The van der Waals surface area contributed by atoms with Gasteiger partial charge < -0.3 is 15.0 Å². The quantitative estimate of drug-likeness (QED) is 0.600. The molecule has 8 heteroatoms. The van der Waals surface area contributed by atoms with Crippen molar-refractivity contribution in [2.24, 2.45) is 5.92 Å². The minimum atomic E-state index is -1.14. The average molecular weight is 401 g/mol. The second kappa shape index (κ2) is 8.23. The number of urea groups is 1. The van der Waals surface area contributed by atoms with Crippen molar-refractivity contribution >= 4 is 23.8 Å². The van der Waals surface area contributed by atoms with Gasteiger partial charge in [0.25, 0.3) is 11.8 Å². The summed E-state index contributed by atoms with van der Waals surface area (Å²) in [6.45, 7) is 1.42. The third kappa shape index (κ3) is 3.97. The van der Waals surface area contributed by atoms with Crippen LogP contribution in [0.1, 0.15) is 44.3 Å². The van der Waals surface area contributed by atoms with E-state index in [1.165, 1.54) is 4.90 Å². The van der Waals surface area contributed by atoms with E-state index in [2.05, 4.69) is 5.32 Å². The van der Waals surface area contributed by atoms with E-state index in [9.17, 15) is 19.2 Å². The maximum Gasteiger partial charge on any atom is 0.327 e. The van der Waals surface area contributed by atoms with Crippen LogP contribution in [0, 0.1) is 5.92 Å². The molecule has 1 spiro atoms. The van der Waals surface area contributed by atoms with E-state index >= 15 is 0 Å². The number of hydrogen-bond acceptors (Lipinski definition) is 5. The molecule has 1 aliphatic heterocycles. The van der Waals surface area contributed by atoms with Crippen LogP contribution in [0.25, 0.3) is 0 Å². The highest BCUT2D eigenvalue weighted by molar-refractivity contribution is 6.09. The Labute approximate surface area is 170 Å². The number of amides is 4. The summed E-state index contributed by atoms with van der Waals surface area (Å²) in [7, 11) is 3.13. The molecular formula is C21H27N3O5. The van der Waals surface area contributed by atoms with E-state index in [1.807, 2.05) is 6.92 Å². The zero-order valence-electron chi connectivity index (χ0n) is 17.0. The fraction of sp³-hybridized carbons (Fsp3) is 0.524. The van der Waals surface area contributed by atoms with Gasteiger partial charge in [-0.2, -0.15) is 0 Å². The highest BCUT2D eigenvalue weighted by Gasteiger charge is 2.55. The van der Waals surface area contributed by atoms with Gasteiger partial charge in [-0.3, -0.25) is 19.3 Å². The first kappa shape index (κ1) is 20.8. The van der Waals surface area contributed by atoms with Crippen LogP contribution in [0.5, 0.6) is 0 Å². The molecule has 1 N–H and O–H groups in total. The molecule has 0 aromatic heterocycles. The molecule has 3 atom stereocenters. The van der Waals surface area contributed by atoms with Crippen molar-refractivity contribution in [3.8, 4) is 0 Å². The summed E-state index contributed by atoms with van der Waals surface area (Å²) in [6, 6.07) is 8.06. The molecule has 2 aliphatic rings. The molecule has 1 aliphatic carbocycles. The number of carbonyl (C=O) groups excluding carboxylic acids is 4. The van der Waals surface area contributed by atoms with E-state index in [4.69, 9.17) is 4.74 Å². The van der Waals surface area contributed by atoms with Gasteiger partial charge in [-0.15, -0.1) is 0 Å². The molecule has 8 nitrogen and oxygen atoms in total. The fourth-order valence-corrected chi connectivity index (χ4v) is 4.06. The summed E-state index contributed by atoms with van der Waals surface area (Å²) in [5.41, 5.74) is -0.414. The van der Waals surface area contributed by atoms with Crippen molar-refractivity contribution in [3.05, 3.63) is 35.9 Å².